The number of aryl methyl sites for hydroxylation is 1. The van der Waals surface area contributed by atoms with Crippen LogP contribution in [0.4, 0.5) is 5.69 Å². The minimum absolute atomic E-state index is 0.392. The highest BCUT2D eigenvalue weighted by atomic mass is 16.5. The van der Waals surface area contributed by atoms with E-state index in [1.165, 1.54) is 0 Å². The molecule has 2 rings (SSSR count). The van der Waals surface area contributed by atoms with Crippen LogP contribution in [0.2, 0.25) is 0 Å². The van der Waals surface area contributed by atoms with E-state index in [4.69, 9.17) is 24.7 Å². The Hall–Kier alpha value is -2.56. The summed E-state index contributed by atoms with van der Waals surface area (Å²) in [7, 11) is 3.20. The fourth-order valence-electron chi connectivity index (χ4n) is 1.98. The summed E-state index contributed by atoms with van der Waals surface area (Å²) in [6, 6.07) is 11.1. The van der Waals surface area contributed by atoms with Gasteiger partial charge in [-0.2, -0.15) is 0 Å². The molecule has 5 heteroatoms. The second-order valence-corrected chi connectivity index (χ2v) is 4.79. The Kier molecular flexibility index (Phi) is 5.36. The summed E-state index contributed by atoms with van der Waals surface area (Å²) in [6.07, 6.45) is 0. The molecule has 0 amide bonds. The van der Waals surface area contributed by atoms with Crippen molar-refractivity contribution in [2.75, 3.05) is 33.2 Å². The molecule has 0 saturated carbocycles. The van der Waals surface area contributed by atoms with Gasteiger partial charge in [0.2, 0.25) is 0 Å². The topological polar surface area (TPSA) is 62.9 Å². The maximum atomic E-state index is 5.89. The number of nitrogens with two attached hydrogens (primary N) is 1. The second-order valence-electron chi connectivity index (χ2n) is 4.79. The Labute approximate surface area is 130 Å². The van der Waals surface area contributed by atoms with Gasteiger partial charge in [-0.3, -0.25) is 0 Å². The standard InChI is InChI=1S/C17H21NO4/c1-12-4-5-17(16(18)8-12)22-7-6-21-15-10-13(19-2)9-14(11-15)20-3/h4-5,8-11H,6-7,18H2,1-3H3. The monoisotopic (exact) mass is 303 g/mol. The Balaban J connectivity index is 1.88. The lowest BCUT2D eigenvalue weighted by atomic mass is 10.2. The van der Waals surface area contributed by atoms with Crippen molar-refractivity contribution in [1.82, 2.24) is 0 Å². The van der Waals surface area contributed by atoms with Crippen molar-refractivity contribution < 1.29 is 18.9 Å². The second kappa shape index (κ2) is 7.45. The molecule has 0 spiro atoms. The van der Waals surface area contributed by atoms with Crippen molar-refractivity contribution in [2.45, 2.75) is 6.92 Å². The molecule has 22 heavy (non-hydrogen) atoms. The molecule has 118 valence electrons. The van der Waals surface area contributed by atoms with E-state index in [1.54, 1.807) is 32.4 Å². The molecule has 0 aliphatic heterocycles. The molecule has 0 aliphatic rings. The summed E-state index contributed by atoms with van der Waals surface area (Å²) >= 11 is 0. The van der Waals surface area contributed by atoms with E-state index in [0.717, 1.165) is 5.56 Å². The van der Waals surface area contributed by atoms with Crippen molar-refractivity contribution in [1.29, 1.82) is 0 Å². The third kappa shape index (κ3) is 4.22. The smallest absolute Gasteiger partial charge is 0.142 e. The first-order valence-corrected chi connectivity index (χ1v) is 6.97. The van der Waals surface area contributed by atoms with Crippen LogP contribution in [0.25, 0.3) is 0 Å². The lowest BCUT2D eigenvalue weighted by Gasteiger charge is -2.12. The fraction of sp³-hybridized carbons (Fsp3) is 0.294. The van der Waals surface area contributed by atoms with Crippen LogP contribution < -0.4 is 24.7 Å². The third-order valence-electron chi connectivity index (χ3n) is 3.10. The number of rotatable bonds is 7. The maximum Gasteiger partial charge on any atom is 0.142 e. The van der Waals surface area contributed by atoms with E-state index < -0.39 is 0 Å². The number of hydrogen-bond acceptors (Lipinski definition) is 5. The van der Waals surface area contributed by atoms with Crippen LogP contribution in [-0.2, 0) is 0 Å². The molecule has 0 radical (unpaired) electrons. The fourth-order valence-corrected chi connectivity index (χ4v) is 1.98. The first-order chi connectivity index (χ1) is 10.6. The Morgan fingerprint density at radius 2 is 1.41 bits per heavy atom. The molecule has 2 N–H and O–H groups in total. The zero-order chi connectivity index (χ0) is 15.9. The van der Waals surface area contributed by atoms with E-state index in [1.807, 2.05) is 25.1 Å². The van der Waals surface area contributed by atoms with Crippen LogP contribution in [0.3, 0.4) is 0 Å². The van der Waals surface area contributed by atoms with E-state index in [0.29, 0.717) is 41.9 Å². The summed E-state index contributed by atoms with van der Waals surface area (Å²) in [5.41, 5.74) is 7.62. The van der Waals surface area contributed by atoms with Gasteiger partial charge in [0.25, 0.3) is 0 Å². The summed E-state index contributed by atoms with van der Waals surface area (Å²) in [6.45, 7) is 2.77. The molecule has 0 heterocycles. The maximum absolute atomic E-state index is 5.89. The predicted octanol–water partition coefficient (Wildman–Crippen LogP) is 3.05. The first-order valence-electron chi connectivity index (χ1n) is 6.97. The van der Waals surface area contributed by atoms with Gasteiger partial charge in [0.15, 0.2) is 0 Å². The molecule has 0 bridgehead atoms. The molecule has 0 saturated heterocycles. The molecular weight excluding hydrogens is 282 g/mol. The number of ether oxygens (including phenoxy) is 4. The normalized spacial score (nSPS) is 10.1. The van der Waals surface area contributed by atoms with E-state index in [-0.39, 0.29) is 0 Å². The van der Waals surface area contributed by atoms with Crippen LogP contribution in [-0.4, -0.2) is 27.4 Å². The number of hydrogen-bond donors (Lipinski definition) is 1. The van der Waals surface area contributed by atoms with Crippen LogP contribution >= 0.6 is 0 Å². The quantitative estimate of drug-likeness (QED) is 0.629. The summed E-state index contributed by atoms with van der Waals surface area (Å²) < 4.78 is 21.6. The first kappa shape index (κ1) is 15.8. The summed E-state index contributed by atoms with van der Waals surface area (Å²) in [5, 5.41) is 0. The summed E-state index contributed by atoms with van der Waals surface area (Å²) in [4.78, 5) is 0. The van der Waals surface area contributed by atoms with Gasteiger partial charge >= 0.3 is 0 Å². The van der Waals surface area contributed by atoms with Crippen LogP contribution in [0.1, 0.15) is 5.56 Å². The summed E-state index contributed by atoms with van der Waals surface area (Å²) in [5.74, 6) is 2.69. The Bertz CT molecular complexity index is 606. The van der Waals surface area contributed by atoms with Crippen LogP contribution in [0.15, 0.2) is 36.4 Å². The van der Waals surface area contributed by atoms with Crippen molar-refractivity contribution in [3.8, 4) is 23.0 Å². The van der Waals surface area contributed by atoms with Gasteiger partial charge in [0.05, 0.1) is 19.9 Å². The predicted molar refractivity (Wildman–Crippen MR) is 86.1 cm³/mol. The largest absolute Gasteiger partial charge is 0.496 e. The SMILES string of the molecule is COc1cc(OC)cc(OCCOc2ccc(C)cc2N)c1. The van der Waals surface area contributed by atoms with Gasteiger partial charge < -0.3 is 24.7 Å². The third-order valence-corrected chi connectivity index (χ3v) is 3.10. The Morgan fingerprint density at radius 1 is 0.818 bits per heavy atom. The molecule has 2 aromatic carbocycles. The highest BCUT2D eigenvalue weighted by Gasteiger charge is 2.04. The molecule has 0 unspecified atom stereocenters. The number of methoxy groups -OCH3 is 2. The van der Waals surface area contributed by atoms with Gasteiger partial charge in [-0.15, -0.1) is 0 Å². The average Bonchev–Trinajstić information content (AvgIpc) is 2.52. The zero-order valence-electron chi connectivity index (χ0n) is 13.1. The highest BCUT2D eigenvalue weighted by Crippen LogP contribution is 2.27. The molecule has 0 aliphatic carbocycles. The van der Waals surface area contributed by atoms with Gasteiger partial charge in [0.1, 0.15) is 36.2 Å². The van der Waals surface area contributed by atoms with E-state index in [9.17, 15) is 0 Å². The van der Waals surface area contributed by atoms with Gasteiger partial charge in [-0.05, 0) is 24.6 Å². The number of nitrogen functional groups attached to an aromatic ring is 1. The van der Waals surface area contributed by atoms with Crippen molar-refractivity contribution in [3.05, 3.63) is 42.0 Å². The molecule has 2 aromatic rings. The highest BCUT2D eigenvalue weighted by molar-refractivity contribution is 5.54. The molecule has 0 aromatic heterocycles. The van der Waals surface area contributed by atoms with Crippen molar-refractivity contribution >= 4 is 5.69 Å². The van der Waals surface area contributed by atoms with Gasteiger partial charge in [0, 0.05) is 18.2 Å². The van der Waals surface area contributed by atoms with E-state index >= 15 is 0 Å². The minimum Gasteiger partial charge on any atom is -0.496 e. The van der Waals surface area contributed by atoms with Gasteiger partial charge in [-0.1, -0.05) is 6.07 Å². The van der Waals surface area contributed by atoms with Crippen LogP contribution in [0.5, 0.6) is 23.0 Å². The zero-order valence-corrected chi connectivity index (χ0v) is 13.1. The molecule has 0 atom stereocenters. The van der Waals surface area contributed by atoms with Crippen LogP contribution in [0, 0.1) is 6.92 Å². The number of anilines is 1. The molecule has 5 nitrogen and oxygen atoms in total. The number of benzene rings is 2. The van der Waals surface area contributed by atoms with Crippen molar-refractivity contribution in [3.63, 3.8) is 0 Å². The lowest BCUT2D eigenvalue weighted by molar-refractivity contribution is 0.216. The molecule has 0 fully saturated rings. The molecular formula is C17H21NO4. The Morgan fingerprint density at radius 3 is 2.00 bits per heavy atom. The van der Waals surface area contributed by atoms with E-state index in [2.05, 4.69) is 0 Å². The lowest BCUT2D eigenvalue weighted by Crippen LogP contribution is -2.10. The average molecular weight is 303 g/mol. The minimum atomic E-state index is 0.392. The van der Waals surface area contributed by atoms with Gasteiger partial charge in [-0.25, -0.2) is 0 Å². The van der Waals surface area contributed by atoms with Crippen molar-refractivity contribution in [2.24, 2.45) is 0 Å².